The number of rotatable bonds is 2. The maximum Gasteiger partial charge on any atom is 0.275 e. The van der Waals surface area contributed by atoms with Crippen molar-refractivity contribution in [1.29, 1.82) is 0 Å². The van der Waals surface area contributed by atoms with Gasteiger partial charge in [-0.15, -0.1) is 0 Å². The van der Waals surface area contributed by atoms with E-state index in [4.69, 9.17) is 0 Å². The Bertz CT molecular complexity index is 692. The summed E-state index contributed by atoms with van der Waals surface area (Å²) in [6, 6.07) is 5.44. The summed E-state index contributed by atoms with van der Waals surface area (Å²) in [5, 5.41) is 2.75. The fraction of sp³-hybridized carbons (Fsp3) is 0. The molecule has 0 spiro atoms. The average Bonchev–Trinajstić information content (AvgIpc) is 2.87. The molecule has 0 aliphatic carbocycles. The van der Waals surface area contributed by atoms with E-state index in [1.807, 2.05) is 12.1 Å². The Kier molecular flexibility index (Phi) is 2.45. The molecule has 0 fully saturated rings. The molecule has 2 N–H and O–H groups in total. The molecule has 3 rings (SSSR count). The van der Waals surface area contributed by atoms with Gasteiger partial charge in [0.05, 0.1) is 23.6 Å². The molecule has 2 aromatic heterocycles. The highest BCUT2D eigenvalue weighted by Gasteiger charge is 2.07. The second-order valence-corrected chi connectivity index (χ2v) is 3.68. The highest BCUT2D eigenvalue weighted by Crippen LogP contribution is 2.15. The second-order valence-electron chi connectivity index (χ2n) is 3.68. The van der Waals surface area contributed by atoms with Gasteiger partial charge in [-0.1, -0.05) is 0 Å². The SMILES string of the molecule is O=C(Nc1ccc2nc[nH]c2c1)c1cnccn1. The van der Waals surface area contributed by atoms with E-state index in [1.165, 1.54) is 18.6 Å². The van der Waals surface area contributed by atoms with Gasteiger partial charge in [-0.2, -0.15) is 0 Å². The third kappa shape index (κ3) is 1.91. The Balaban J connectivity index is 1.86. The van der Waals surface area contributed by atoms with Gasteiger partial charge < -0.3 is 10.3 Å². The molecular weight excluding hydrogens is 230 g/mol. The summed E-state index contributed by atoms with van der Waals surface area (Å²) in [5.74, 6) is -0.290. The molecule has 0 aliphatic heterocycles. The predicted molar refractivity (Wildman–Crippen MR) is 66.1 cm³/mol. The Labute approximate surface area is 102 Å². The van der Waals surface area contributed by atoms with Crippen molar-refractivity contribution in [2.75, 3.05) is 5.32 Å². The smallest absolute Gasteiger partial charge is 0.275 e. The summed E-state index contributed by atoms with van der Waals surface area (Å²) >= 11 is 0. The van der Waals surface area contributed by atoms with E-state index in [2.05, 4.69) is 25.3 Å². The molecule has 3 aromatic rings. The molecule has 0 atom stereocenters. The van der Waals surface area contributed by atoms with Crippen LogP contribution in [0.5, 0.6) is 0 Å². The largest absolute Gasteiger partial charge is 0.345 e. The van der Waals surface area contributed by atoms with Crippen molar-refractivity contribution in [1.82, 2.24) is 19.9 Å². The Morgan fingerprint density at radius 2 is 2.17 bits per heavy atom. The van der Waals surface area contributed by atoms with Gasteiger partial charge in [0, 0.05) is 18.1 Å². The lowest BCUT2D eigenvalue weighted by Crippen LogP contribution is -2.13. The lowest BCUT2D eigenvalue weighted by Gasteiger charge is -2.03. The number of carbonyl (C=O) groups excluding carboxylic acids is 1. The van der Waals surface area contributed by atoms with Crippen molar-refractivity contribution in [3.8, 4) is 0 Å². The van der Waals surface area contributed by atoms with Crippen LogP contribution in [-0.4, -0.2) is 25.8 Å². The number of imidazole rings is 1. The van der Waals surface area contributed by atoms with E-state index in [-0.39, 0.29) is 11.6 Å². The van der Waals surface area contributed by atoms with Crippen LogP contribution in [0.15, 0.2) is 43.1 Å². The van der Waals surface area contributed by atoms with Crippen LogP contribution < -0.4 is 5.32 Å². The van der Waals surface area contributed by atoms with Gasteiger partial charge in [0.25, 0.3) is 5.91 Å². The first-order valence-corrected chi connectivity index (χ1v) is 5.33. The number of anilines is 1. The van der Waals surface area contributed by atoms with Crippen molar-refractivity contribution < 1.29 is 4.79 Å². The zero-order chi connectivity index (χ0) is 12.4. The van der Waals surface area contributed by atoms with Crippen LogP contribution in [0.25, 0.3) is 11.0 Å². The first kappa shape index (κ1) is 10.4. The van der Waals surface area contributed by atoms with Gasteiger partial charge in [0.1, 0.15) is 5.69 Å². The highest BCUT2D eigenvalue weighted by atomic mass is 16.1. The number of amides is 1. The number of fused-ring (bicyclic) bond motifs is 1. The number of benzene rings is 1. The molecule has 0 saturated heterocycles. The van der Waals surface area contributed by atoms with Crippen LogP contribution in [0.3, 0.4) is 0 Å². The summed E-state index contributed by atoms with van der Waals surface area (Å²) in [7, 11) is 0. The molecule has 18 heavy (non-hydrogen) atoms. The highest BCUT2D eigenvalue weighted by molar-refractivity contribution is 6.03. The molecule has 0 saturated carbocycles. The number of aromatic amines is 1. The topological polar surface area (TPSA) is 83.6 Å². The second kappa shape index (κ2) is 4.25. The number of nitrogens with zero attached hydrogens (tertiary/aromatic N) is 3. The first-order valence-electron chi connectivity index (χ1n) is 5.33. The van der Waals surface area contributed by atoms with E-state index >= 15 is 0 Å². The van der Waals surface area contributed by atoms with Crippen LogP contribution >= 0.6 is 0 Å². The fourth-order valence-corrected chi connectivity index (χ4v) is 1.62. The van der Waals surface area contributed by atoms with Crippen LogP contribution in [-0.2, 0) is 0 Å². The van der Waals surface area contributed by atoms with Crippen molar-refractivity contribution in [2.45, 2.75) is 0 Å². The quantitative estimate of drug-likeness (QED) is 0.711. The molecule has 6 heteroatoms. The Morgan fingerprint density at radius 1 is 1.22 bits per heavy atom. The van der Waals surface area contributed by atoms with E-state index in [9.17, 15) is 4.79 Å². The van der Waals surface area contributed by atoms with Gasteiger partial charge >= 0.3 is 0 Å². The summed E-state index contributed by atoms with van der Waals surface area (Å²) in [6.45, 7) is 0. The molecule has 1 amide bonds. The fourth-order valence-electron chi connectivity index (χ4n) is 1.62. The number of aromatic nitrogens is 4. The number of hydrogen-bond acceptors (Lipinski definition) is 4. The lowest BCUT2D eigenvalue weighted by molar-refractivity contribution is 0.102. The van der Waals surface area contributed by atoms with Gasteiger partial charge in [0.15, 0.2) is 0 Å². The van der Waals surface area contributed by atoms with E-state index in [0.717, 1.165) is 11.0 Å². The van der Waals surface area contributed by atoms with Crippen LogP contribution in [0.2, 0.25) is 0 Å². The Hall–Kier alpha value is -2.76. The van der Waals surface area contributed by atoms with Crippen molar-refractivity contribution in [2.24, 2.45) is 0 Å². The molecule has 88 valence electrons. The normalized spacial score (nSPS) is 10.4. The maximum atomic E-state index is 11.8. The number of H-pyrrole nitrogens is 1. The van der Waals surface area contributed by atoms with E-state index in [0.29, 0.717) is 5.69 Å². The molecule has 1 aromatic carbocycles. The third-order valence-electron chi connectivity index (χ3n) is 2.47. The monoisotopic (exact) mass is 239 g/mol. The lowest BCUT2D eigenvalue weighted by atomic mass is 10.2. The van der Waals surface area contributed by atoms with Crippen LogP contribution in [0.1, 0.15) is 10.5 Å². The van der Waals surface area contributed by atoms with Crippen LogP contribution in [0.4, 0.5) is 5.69 Å². The Morgan fingerprint density at radius 3 is 3.00 bits per heavy atom. The zero-order valence-corrected chi connectivity index (χ0v) is 9.29. The number of hydrogen-bond donors (Lipinski definition) is 2. The van der Waals surface area contributed by atoms with E-state index in [1.54, 1.807) is 12.4 Å². The molecular formula is C12H9N5O. The van der Waals surface area contributed by atoms with Gasteiger partial charge in [-0.05, 0) is 18.2 Å². The minimum atomic E-state index is -0.290. The number of carbonyl (C=O) groups is 1. The van der Waals surface area contributed by atoms with E-state index < -0.39 is 0 Å². The van der Waals surface area contributed by atoms with Gasteiger partial charge in [0.2, 0.25) is 0 Å². The van der Waals surface area contributed by atoms with Crippen molar-refractivity contribution >= 4 is 22.6 Å². The maximum absolute atomic E-state index is 11.8. The summed E-state index contributed by atoms with van der Waals surface area (Å²) in [4.78, 5) is 26.7. The van der Waals surface area contributed by atoms with Gasteiger partial charge in [-0.3, -0.25) is 9.78 Å². The zero-order valence-electron chi connectivity index (χ0n) is 9.29. The molecule has 0 aliphatic rings. The summed E-state index contributed by atoms with van der Waals surface area (Å²) in [5.41, 5.74) is 2.68. The van der Waals surface area contributed by atoms with Crippen molar-refractivity contribution in [3.63, 3.8) is 0 Å². The first-order chi connectivity index (χ1) is 8.83. The third-order valence-corrected chi connectivity index (χ3v) is 2.47. The molecule has 0 bridgehead atoms. The molecule has 0 unspecified atom stereocenters. The number of nitrogens with one attached hydrogen (secondary N) is 2. The summed E-state index contributed by atoms with van der Waals surface area (Å²) < 4.78 is 0. The average molecular weight is 239 g/mol. The standard InChI is InChI=1S/C12H9N5O/c18-12(11-6-13-3-4-14-11)17-8-1-2-9-10(5-8)16-7-15-9/h1-7H,(H,15,16)(H,17,18). The molecule has 6 nitrogen and oxygen atoms in total. The van der Waals surface area contributed by atoms with Crippen LogP contribution in [0, 0.1) is 0 Å². The minimum Gasteiger partial charge on any atom is -0.345 e. The van der Waals surface area contributed by atoms with Gasteiger partial charge in [-0.25, -0.2) is 9.97 Å². The molecule has 0 radical (unpaired) electrons. The van der Waals surface area contributed by atoms with Crippen molar-refractivity contribution in [3.05, 3.63) is 48.8 Å². The summed E-state index contributed by atoms with van der Waals surface area (Å²) in [6.07, 6.45) is 6.03. The predicted octanol–water partition coefficient (Wildman–Crippen LogP) is 1.61. The minimum absolute atomic E-state index is 0.280. The molecule has 2 heterocycles.